The number of benzene rings is 3. The molecule has 2 heterocycles. The van der Waals surface area contributed by atoms with E-state index < -0.39 is 5.54 Å². The normalized spacial score (nSPS) is 16.7. The van der Waals surface area contributed by atoms with Gasteiger partial charge in [-0.05, 0) is 42.2 Å². The molecular formula is C32H34N4O3. The molecule has 2 aliphatic rings. The number of likely N-dealkylation sites (N-methyl/N-ethyl adjacent to an activating group) is 1. The lowest BCUT2D eigenvalue weighted by atomic mass is 9.85. The summed E-state index contributed by atoms with van der Waals surface area (Å²) in [5.41, 5.74) is 2.18. The van der Waals surface area contributed by atoms with E-state index >= 15 is 0 Å². The second-order valence-corrected chi connectivity index (χ2v) is 10.2. The van der Waals surface area contributed by atoms with Gasteiger partial charge in [0.05, 0.1) is 6.67 Å². The quantitative estimate of drug-likeness (QED) is 0.440. The fourth-order valence-corrected chi connectivity index (χ4v) is 5.49. The number of carbonyl (C=O) groups excluding carboxylic acids is 3. The predicted molar refractivity (Wildman–Crippen MR) is 152 cm³/mol. The van der Waals surface area contributed by atoms with E-state index in [4.69, 9.17) is 0 Å². The summed E-state index contributed by atoms with van der Waals surface area (Å²) in [6, 6.07) is 29.4. The van der Waals surface area contributed by atoms with Crippen LogP contribution in [-0.2, 0) is 20.9 Å². The van der Waals surface area contributed by atoms with Gasteiger partial charge < -0.3 is 19.6 Å². The maximum atomic E-state index is 14.0. The first-order valence-corrected chi connectivity index (χ1v) is 13.4. The highest BCUT2D eigenvalue weighted by molar-refractivity contribution is 5.97. The molecule has 0 aromatic heterocycles. The Bertz CT molecular complexity index is 1320. The van der Waals surface area contributed by atoms with Gasteiger partial charge in [-0.2, -0.15) is 0 Å². The highest BCUT2D eigenvalue weighted by Gasteiger charge is 2.54. The van der Waals surface area contributed by atoms with Gasteiger partial charge in [0.15, 0.2) is 0 Å². The van der Waals surface area contributed by atoms with Crippen LogP contribution in [0.4, 0.5) is 5.69 Å². The maximum Gasteiger partial charge on any atom is 0.250 e. The fourth-order valence-electron chi connectivity index (χ4n) is 5.49. The maximum absolute atomic E-state index is 14.0. The molecule has 3 aromatic carbocycles. The Morgan fingerprint density at radius 2 is 1.46 bits per heavy atom. The van der Waals surface area contributed by atoms with E-state index in [2.05, 4.69) is 4.90 Å². The third-order valence-corrected chi connectivity index (χ3v) is 7.72. The van der Waals surface area contributed by atoms with Crippen LogP contribution in [-0.4, -0.2) is 71.3 Å². The minimum Gasteiger partial charge on any atom is -0.340 e. The lowest BCUT2D eigenvalue weighted by Gasteiger charge is -2.43. The van der Waals surface area contributed by atoms with Crippen LogP contribution in [0.2, 0.25) is 0 Å². The van der Waals surface area contributed by atoms with Crippen LogP contribution in [0, 0.1) is 0 Å². The van der Waals surface area contributed by atoms with E-state index in [1.807, 2.05) is 102 Å². The SMILES string of the molecule is CN(Cc1ccccc1)C(=O)CN1CN(c2ccccc2)C2(CCN(C(=O)C=Cc3ccccc3)CC2)C1=O. The number of rotatable bonds is 7. The van der Waals surface area contributed by atoms with Gasteiger partial charge in [-0.25, -0.2) is 0 Å². The van der Waals surface area contributed by atoms with E-state index in [0.29, 0.717) is 39.1 Å². The molecule has 1 spiro atoms. The zero-order chi connectivity index (χ0) is 27.2. The van der Waals surface area contributed by atoms with E-state index in [1.165, 1.54) is 0 Å². The molecular weight excluding hydrogens is 488 g/mol. The first-order valence-electron chi connectivity index (χ1n) is 13.4. The summed E-state index contributed by atoms with van der Waals surface area (Å²) in [5, 5.41) is 0. The van der Waals surface area contributed by atoms with Gasteiger partial charge >= 0.3 is 0 Å². The predicted octanol–water partition coefficient (Wildman–Crippen LogP) is 4.03. The van der Waals surface area contributed by atoms with Crippen molar-refractivity contribution in [3.05, 3.63) is 108 Å². The molecule has 7 heteroatoms. The smallest absolute Gasteiger partial charge is 0.250 e. The molecule has 2 fully saturated rings. The van der Waals surface area contributed by atoms with Gasteiger partial charge in [-0.3, -0.25) is 14.4 Å². The van der Waals surface area contributed by atoms with Crippen molar-refractivity contribution in [2.45, 2.75) is 24.9 Å². The average Bonchev–Trinajstić information content (AvgIpc) is 3.24. The molecule has 7 nitrogen and oxygen atoms in total. The highest BCUT2D eigenvalue weighted by atomic mass is 16.2. The van der Waals surface area contributed by atoms with Gasteiger partial charge in [0.25, 0.3) is 5.91 Å². The molecule has 0 radical (unpaired) electrons. The van der Waals surface area contributed by atoms with Crippen molar-refractivity contribution in [2.24, 2.45) is 0 Å². The Labute approximate surface area is 229 Å². The Kier molecular flexibility index (Phi) is 7.77. The van der Waals surface area contributed by atoms with Crippen molar-refractivity contribution in [3.8, 4) is 0 Å². The molecule has 2 aliphatic heterocycles. The van der Waals surface area contributed by atoms with Gasteiger partial charge in [0, 0.05) is 38.4 Å². The lowest BCUT2D eigenvalue weighted by molar-refractivity contribution is -0.141. The zero-order valence-electron chi connectivity index (χ0n) is 22.3. The van der Waals surface area contributed by atoms with E-state index in [9.17, 15) is 14.4 Å². The molecule has 39 heavy (non-hydrogen) atoms. The second-order valence-electron chi connectivity index (χ2n) is 10.2. The van der Waals surface area contributed by atoms with Crippen molar-refractivity contribution in [1.29, 1.82) is 0 Å². The van der Waals surface area contributed by atoms with Crippen LogP contribution in [0.25, 0.3) is 6.08 Å². The Morgan fingerprint density at radius 1 is 0.872 bits per heavy atom. The van der Waals surface area contributed by atoms with Gasteiger partial charge in [-0.15, -0.1) is 0 Å². The molecule has 3 amide bonds. The van der Waals surface area contributed by atoms with Crippen LogP contribution in [0.5, 0.6) is 0 Å². The van der Waals surface area contributed by atoms with Crippen molar-refractivity contribution in [1.82, 2.24) is 14.7 Å². The van der Waals surface area contributed by atoms with Gasteiger partial charge in [0.2, 0.25) is 11.8 Å². The first kappa shape index (κ1) is 26.2. The van der Waals surface area contributed by atoms with Crippen molar-refractivity contribution in [3.63, 3.8) is 0 Å². The Morgan fingerprint density at radius 3 is 2.10 bits per heavy atom. The summed E-state index contributed by atoms with van der Waals surface area (Å²) < 4.78 is 0. The van der Waals surface area contributed by atoms with Crippen LogP contribution in [0.15, 0.2) is 97.1 Å². The Hall–Kier alpha value is -4.39. The number of hydrogen-bond donors (Lipinski definition) is 0. The monoisotopic (exact) mass is 522 g/mol. The lowest BCUT2D eigenvalue weighted by Crippen LogP contribution is -2.57. The summed E-state index contributed by atoms with van der Waals surface area (Å²) in [7, 11) is 1.77. The molecule has 0 atom stereocenters. The first-order chi connectivity index (χ1) is 19.0. The van der Waals surface area contributed by atoms with E-state index in [1.54, 1.807) is 22.9 Å². The van der Waals surface area contributed by atoms with Crippen LogP contribution >= 0.6 is 0 Å². The fraction of sp³-hybridized carbons (Fsp3) is 0.281. The number of hydrogen-bond acceptors (Lipinski definition) is 4. The molecule has 0 N–H and O–H groups in total. The molecule has 0 aliphatic carbocycles. The summed E-state index contributed by atoms with van der Waals surface area (Å²) in [5.74, 6) is -0.198. The minimum atomic E-state index is -0.778. The van der Waals surface area contributed by atoms with Crippen molar-refractivity contribution < 1.29 is 14.4 Å². The van der Waals surface area contributed by atoms with E-state index in [0.717, 1.165) is 16.8 Å². The van der Waals surface area contributed by atoms with Crippen LogP contribution in [0.3, 0.4) is 0 Å². The minimum absolute atomic E-state index is 0.0235. The average molecular weight is 523 g/mol. The third kappa shape index (κ3) is 5.72. The highest BCUT2D eigenvalue weighted by Crippen LogP contribution is 2.39. The van der Waals surface area contributed by atoms with Crippen molar-refractivity contribution >= 4 is 29.5 Å². The number of piperidine rings is 1. The number of carbonyl (C=O) groups is 3. The van der Waals surface area contributed by atoms with Gasteiger partial charge in [0.1, 0.15) is 12.1 Å². The standard InChI is InChI=1S/C32H34N4O3/c1-33(23-27-13-7-3-8-14-27)30(38)24-35-25-36(28-15-9-4-10-16-28)32(31(35)39)19-21-34(22-20-32)29(37)18-17-26-11-5-2-6-12-26/h2-18H,19-25H2,1H3. The van der Waals surface area contributed by atoms with E-state index in [-0.39, 0.29) is 24.3 Å². The molecule has 5 rings (SSSR count). The molecule has 3 aromatic rings. The summed E-state index contributed by atoms with van der Waals surface area (Å²) in [6.07, 6.45) is 4.45. The number of likely N-dealkylation sites (tertiary alicyclic amines) is 1. The molecule has 2 saturated heterocycles. The zero-order valence-corrected chi connectivity index (χ0v) is 22.3. The summed E-state index contributed by atoms with van der Waals surface area (Å²) in [4.78, 5) is 47.3. The third-order valence-electron chi connectivity index (χ3n) is 7.72. The topological polar surface area (TPSA) is 64.2 Å². The molecule has 200 valence electrons. The second kappa shape index (κ2) is 11.6. The Balaban J connectivity index is 1.29. The number of para-hydroxylation sites is 1. The molecule has 0 unspecified atom stereocenters. The molecule has 0 saturated carbocycles. The van der Waals surface area contributed by atoms with Crippen LogP contribution in [0.1, 0.15) is 24.0 Å². The number of anilines is 1. The largest absolute Gasteiger partial charge is 0.340 e. The van der Waals surface area contributed by atoms with Gasteiger partial charge in [-0.1, -0.05) is 78.9 Å². The summed E-state index contributed by atoms with van der Waals surface area (Å²) in [6.45, 7) is 1.81. The van der Waals surface area contributed by atoms with Crippen LogP contribution < -0.4 is 4.90 Å². The summed E-state index contributed by atoms with van der Waals surface area (Å²) >= 11 is 0. The number of amides is 3. The van der Waals surface area contributed by atoms with Crippen molar-refractivity contribution in [2.75, 3.05) is 38.3 Å². The number of nitrogens with zero attached hydrogens (tertiary/aromatic N) is 4. The molecule has 0 bridgehead atoms.